The van der Waals surface area contributed by atoms with Crippen LogP contribution >= 0.6 is 11.6 Å². The quantitative estimate of drug-likeness (QED) is 0.398. The molecule has 3 aromatic rings. The molecule has 5 rings (SSSR count). The van der Waals surface area contributed by atoms with Gasteiger partial charge in [-0.3, -0.25) is 4.79 Å². The van der Waals surface area contributed by atoms with Gasteiger partial charge in [-0.15, -0.1) is 0 Å². The molecule has 1 amide bonds. The summed E-state index contributed by atoms with van der Waals surface area (Å²) in [7, 11) is 0. The van der Waals surface area contributed by atoms with E-state index in [1.54, 1.807) is 24.3 Å². The monoisotopic (exact) mass is 541 g/mol. The molecule has 0 radical (unpaired) electrons. The van der Waals surface area contributed by atoms with Gasteiger partial charge in [0.1, 0.15) is 17.7 Å². The van der Waals surface area contributed by atoms with Gasteiger partial charge in [-0.2, -0.15) is 0 Å². The van der Waals surface area contributed by atoms with E-state index < -0.39 is 17.7 Å². The summed E-state index contributed by atoms with van der Waals surface area (Å²) in [5.74, 6) is -1.45. The van der Waals surface area contributed by atoms with E-state index in [4.69, 9.17) is 22.1 Å². The Bertz CT molecular complexity index is 1320. The summed E-state index contributed by atoms with van der Waals surface area (Å²) < 4.78 is 34.0. The SMILES string of the molecule is CC(Oc1nc(-c2ccc(C(=O)N3CCCC3CN3CCCC3)cc2)cnc1N)c1c(F)ccc(F)c1Cl. The molecule has 0 spiro atoms. The molecule has 2 saturated heterocycles. The predicted molar refractivity (Wildman–Crippen MR) is 142 cm³/mol. The summed E-state index contributed by atoms with van der Waals surface area (Å²) in [5, 5.41) is -0.360. The fourth-order valence-corrected chi connectivity index (χ4v) is 5.56. The molecule has 3 heterocycles. The van der Waals surface area contributed by atoms with E-state index in [0.717, 1.165) is 51.2 Å². The Morgan fingerprint density at radius 2 is 1.82 bits per heavy atom. The van der Waals surface area contributed by atoms with Gasteiger partial charge in [0.15, 0.2) is 5.82 Å². The van der Waals surface area contributed by atoms with Crippen LogP contribution in [0.2, 0.25) is 5.02 Å². The molecule has 2 aromatic carbocycles. The molecule has 2 N–H and O–H groups in total. The molecule has 200 valence electrons. The number of likely N-dealkylation sites (tertiary alicyclic amines) is 2. The van der Waals surface area contributed by atoms with Crippen LogP contribution in [-0.4, -0.2) is 57.9 Å². The second-order valence-corrected chi connectivity index (χ2v) is 10.2. The van der Waals surface area contributed by atoms with Gasteiger partial charge in [-0.25, -0.2) is 18.7 Å². The smallest absolute Gasteiger partial charge is 0.258 e. The largest absolute Gasteiger partial charge is 0.467 e. The van der Waals surface area contributed by atoms with Crippen LogP contribution in [0.3, 0.4) is 0 Å². The van der Waals surface area contributed by atoms with Crippen molar-refractivity contribution in [2.75, 3.05) is 31.9 Å². The van der Waals surface area contributed by atoms with Crippen LogP contribution in [-0.2, 0) is 0 Å². The number of hydrogen-bond acceptors (Lipinski definition) is 6. The molecular weight excluding hydrogens is 512 g/mol. The van der Waals surface area contributed by atoms with E-state index >= 15 is 0 Å². The van der Waals surface area contributed by atoms with Crippen molar-refractivity contribution in [3.8, 4) is 17.1 Å². The number of ether oxygens (including phenoxy) is 1. The molecule has 38 heavy (non-hydrogen) atoms. The lowest BCUT2D eigenvalue weighted by molar-refractivity contribution is 0.0709. The molecular formula is C28H30ClF2N5O2. The van der Waals surface area contributed by atoms with Crippen LogP contribution in [0, 0.1) is 11.6 Å². The summed E-state index contributed by atoms with van der Waals surface area (Å²) in [5.41, 5.74) is 7.60. The van der Waals surface area contributed by atoms with E-state index in [0.29, 0.717) is 16.8 Å². The standard InChI is InChI=1S/C28H30ClF2N5O2/c1-17(24-21(30)10-11-22(31)25(24)29)38-27-26(32)33-15-23(34-27)18-6-8-19(9-7-18)28(37)36-14-4-5-20(36)16-35-12-2-3-13-35/h6-11,15,17,20H,2-5,12-14,16H2,1H3,(H2,32,33). The van der Waals surface area contributed by atoms with Crippen molar-refractivity contribution < 1.29 is 18.3 Å². The van der Waals surface area contributed by atoms with E-state index in [2.05, 4.69) is 14.9 Å². The van der Waals surface area contributed by atoms with E-state index in [9.17, 15) is 13.6 Å². The van der Waals surface area contributed by atoms with Gasteiger partial charge < -0.3 is 20.3 Å². The minimum absolute atomic E-state index is 0.00147. The number of carbonyl (C=O) groups is 1. The fourth-order valence-electron chi connectivity index (χ4n) is 5.25. The van der Waals surface area contributed by atoms with Crippen molar-refractivity contribution in [1.29, 1.82) is 0 Å². The zero-order valence-electron chi connectivity index (χ0n) is 21.2. The number of carbonyl (C=O) groups excluding carboxylic acids is 1. The molecule has 2 aliphatic heterocycles. The first-order valence-electron chi connectivity index (χ1n) is 12.9. The number of anilines is 1. The molecule has 2 unspecified atom stereocenters. The van der Waals surface area contributed by atoms with Crippen LogP contribution in [0.4, 0.5) is 14.6 Å². The van der Waals surface area contributed by atoms with Crippen LogP contribution in [0.25, 0.3) is 11.3 Å². The summed E-state index contributed by atoms with van der Waals surface area (Å²) >= 11 is 5.97. The number of nitrogens with zero attached hydrogens (tertiary/aromatic N) is 4. The van der Waals surface area contributed by atoms with Crippen LogP contribution in [0.15, 0.2) is 42.6 Å². The second-order valence-electron chi connectivity index (χ2n) is 9.84. The molecule has 7 nitrogen and oxygen atoms in total. The third kappa shape index (κ3) is 5.44. The van der Waals surface area contributed by atoms with Gasteiger partial charge in [0.25, 0.3) is 11.8 Å². The predicted octanol–water partition coefficient (Wildman–Crippen LogP) is 5.50. The molecule has 0 bridgehead atoms. The highest BCUT2D eigenvalue weighted by Gasteiger charge is 2.31. The highest BCUT2D eigenvalue weighted by Crippen LogP contribution is 2.33. The number of halogens is 3. The number of hydrogen-bond donors (Lipinski definition) is 1. The van der Waals surface area contributed by atoms with Gasteiger partial charge >= 0.3 is 0 Å². The van der Waals surface area contributed by atoms with Crippen molar-refractivity contribution in [2.24, 2.45) is 0 Å². The maximum absolute atomic E-state index is 14.3. The first-order chi connectivity index (χ1) is 18.3. The van der Waals surface area contributed by atoms with Crippen LogP contribution in [0.5, 0.6) is 5.88 Å². The van der Waals surface area contributed by atoms with Crippen molar-refractivity contribution in [3.63, 3.8) is 0 Å². The number of nitrogen functional groups attached to an aromatic ring is 1. The van der Waals surface area contributed by atoms with Gasteiger partial charge in [0.05, 0.1) is 16.9 Å². The number of rotatable bonds is 7. The average Bonchev–Trinajstić information content (AvgIpc) is 3.60. The lowest BCUT2D eigenvalue weighted by Crippen LogP contribution is -2.42. The van der Waals surface area contributed by atoms with Crippen LogP contribution in [0.1, 0.15) is 54.6 Å². The molecule has 10 heteroatoms. The van der Waals surface area contributed by atoms with Gasteiger partial charge in [-0.1, -0.05) is 23.7 Å². The van der Waals surface area contributed by atoms with E-state index in [-0.39, 0.29) is 34.2 Å². The zero-order valence-corrected chi connectivity index (χ0v) is 21.9. The lowest BCUT2D eigenvalue weighted by atomic mass is 10.1. The minimum atomic E-state index is -0.973. The average molecular weight is 542 g/mol. The normalized spacial score (nSPS) is 18.6. The number of aromatic nitrogens is 2. The Balaban J connectivity index is 1.31. The van der Waals surface area contributed by atoms with Crippen molar-refractivity contribution >= 4 is 23.3 Å². The third-order valence-electron chi connectivity index (χ3n) is 7.27. The maximum atomic E-state index is 14.3. The second kappa shape index (κ2) is 11.2. The lowest BCUT2D eigenvalue weighted by Gasteiger charge is -2.28. The number of amides is 1. The van der Waals surface area contributed by atoms with Gasteiger partial charge in [-0.05, 0) is 70.0 Å². The molecule has 2 aliphatic rings. The zero-order chi connectivity index (χ0) is 26.8. The highest BCUT2D eigenvalue weighted by atomic mass is 35.5. The maximum Gasteiger partial charge on any atom is 0.258 e. The number of benzene rings is 2. The Morgan fingerprint density at radius 3 is 2.55 bits per heavy atom. The molecule has 2 atom stereocenters. The first kappa shape index (κ1) is 26.3. The fraction of sp³-hybridized carbons (Fsp3) is 0.393. The Morgan fingerprint density at radius 1 is 1.11 bits per heavy atom. The first-order valence-corrected chi connectivity index (χ1v) is 13.3. The van der Waals surface area contributed by atoms with Crippen molar-refractivity contribution in [1.82, 2.24) is 19.8 Å². The third-order valence-corrected chi connectivity index (χ3v) is 7.66. The number of nitrogens with two attached hydrogens (primary N) is 1. The van der Waals surface area contributed by atoms with Crippen molar-refractivity contribution in [2.45, 2.75) is 44.8 Å². The Kier molecular flexibility index (Phi) is 7.76. The summed E-state index contributed by atoms with van der Waals surface area (Å²) in [6, 6.07) is 9.36. The van der Waals surface area contributed by atoms with Crippen molar-refractivity contribution in [3.05, 3.63) is 70.4 Å². The van der Waals surface area contributed by atoms with Gasteiger partial charge in [0, 0.05) is 35.8 Å². The Labute approximate surface area is 225 Å². The van der Waals surface area contributed by atoms with E-state index in [1.165, 1.54) is 26.0 Å². The molecule has 1 aromatic heterocycles. The molecule has 2 fully saturated rings. The highest BCUT2D eigenvalue weighted by molar-refractivity contribution is 6.31. The summed E-state index contributed by atoms with van der Waals surface area (Å²) in [4.78, 5) is 26.3. The minimum Gasteiger partial charge on any atom is -0.467 e. The Hall–Kier alpha value is -3.30. The molecule has 0 aliphatic carbocycles. The van der Waals surface area contributed by atoms with Gasteiger partial charge in [0.2, 0.25) is 0 Å². The molecule has 0 saturated carbocycles. The topological polar surface area (TPSA) is 84.6 Å². The van der Waals surface area contributed by atoms with E-state index in [1.807, 2.05) is 4.90 Å². The summed E-state index contributed by atoms with van der Waals surface area (Å²) in [6.45, 7) is 5.47. The van der Waals surface area contributed by atoms with Crippen LogP contribution < -0.4 is 10.5 Å². The summed E-state index contributed by atoms with van der Waals surface area (Å²) in [6.07, 6.45) is 5.04.